The van der Waals surface area contributed by atoms with Crippen LogP contribution in [0.1, 0.15) is 18.1 Å². The van der Waals surface area contributed by atoms with Gasteiger partial charge in [0, 0.05) is 5.69 Å². The highest BCUT2D eigenvalue weighted by atomic mass is 28.3. The average Bonchev–Trinajstić information content (AvgIpc) is 2.15. The summed E-state index contributed by atoms with van der Waals surface area (Å²) in [6.07, 6.45) is 2.87. The first-order chi connectivity index (χ1) is 6.91. The van der Waals surface area contributed by atoms with Gasteiger partial charge in [0.15, 0.2) is 0 Å². The van der Waals surface area contributed by atoms with Gasteiger partial charge in [-0.1, -0.05) is 51.4 Å². The van der Waals surface area contributed by atoms with Gasteiger partial charge in [-0.3, -0.25) is 0 Å². The summed E-state index contributed by atoms with van der Waals surface area (Å²) in [7, 11) is -1.32. The van der Waals surface area contributed by atoms with Gasteiger partial charge in [0.2, 0.25) is 0 Å². The average molecular weight is 219 g/mol. The van der Waals surface area contributed by atoms with Gasteiger partial charge in [-0.25, -0.2) is 0 Å². The van der Waals surface area contributed by atoms with E-state index in [9.17, 15) is 0 Å². The molecule has 0 atom stereocenters. The van der Waals surface area contributed by atoms with Crippen LogP contribution in [-0.4, -0.2) is 8.07 Å². The zero-order chi connectivity index (χ0) is 11.6. The Bertz CT molecular complexity index is 375. The van der Waals surface area contributed by atoms with Crippen molar-refractivity contribution in [3.05, 3.63) is 29.8 Å². The predicted molar refractivity (Wildman–Crippen MR) is 73.3 cm³/mol. The van der Waals surface area contributed by atoms with E-state index in [2.05, 4.69) is 45.3 Å². The third-order valence-electron chi connectivity index (χ3n) is 2.77. The van der Waals surface area contributed by atoms with E-state index in [0.29, 0.717) is 0 Å². The summed E-state index contributed by atoms with van der Waals surface area (Å²) in [6.45, 7) is 12.9. The second kappa shape index (κ2) is 4.23. The van der Waals surface area contributed by atoms with Crippen LogP contribution in [0.2, 0.25) is 19.6 Å². The second-order valence-electron chi connectivity index (χ2n) is 4.90. The zero-order valence-corrected chi connectivity index (χ0v) is 11.2. The quantitative estimate of drug-likeness (QED) is 0.614. The van der Waals surface area contributed by atoms with Crippen LogP contribution in [0.15, 0.2) is 18.7 Å². The van der Waals surface area contributed by atoms with Crippen molar-refractivity contribution in [3.8, 4) is 0 Å². The van der Waals surface area contributed by atoms with Crippen LogP contribution >= 0.6 is 0 Å². The Morgan fingerprint density at radius 3 is 2.33 bits per heavy atom. The van der Waals surface area contributed by atoms with Crippen molar-refractivity contribution < 1.29 is 0 Å². The zero-order valence-electron chi connectivity index (χ0n) is 10.2. The Morgan fingerprint density at radius 2 is 1.93 bits per heavy atom. The van der Waals surface area contributed by atoms with E-state index in [0.717, 1.165) is 12.1 Å². The van der Waals surface area contributed by atoms with Crippen LogP contribution in [0, 0.1) is 0 Å². The highest BCUT2D eigenvalue weighted by Crippen LogP contribution is 2.20. The smallest absolute Gasteiger partial charge is 0.0803 e. The van der Waals surface area contributed by atoms with Gasteiger partial charge < -0.3 is 5.73 Å². The molecule has 15 heavy (non-hydrogen) atoms. The Kier molecular flexibility index (Phi) is 3.40. The molecule has 0 spiro atoms. The molecule has 0 aromatic heterocycles. The molecule has 0 unspecified atom stereocenters. The lowest BCUT2D eigenvalue weighted by Gasteiger charge is -2.22. The molecule has 0 saturated heterocycles. The van der Waals surface area contributed by atoms with E-state index < -0.39 is 8.07 Å². The highest BCUT2D eigenvalue weighted by Gasteiger charge is 2.21. The first-order valence-electron chi connectivity index (χ1n) is 5.46. The minimum Gasteiger partial charge on any atom is -0.399 e. The normalized spacial score (nSPS) is 11.5. The topological polar surface area (TPSA) is 26.0 Å². The van der Waals surface area contributed by atoms with E-state index >= 15 is 0 Å². The standard InChI is InChI=1S/C13H21NSi/c1-6-10-8-9-12(15(3,4)5)13(14)11(10)7-2/h6,8-9H,1,7,14H2,2-5H3. The molecular formula is C13H21NSi. The van der Waals surface area contributed by atoms with E-state index in [1.54, 1.807) is 0 Å². The third-order valence-corrected chi connectivity index (χ3v) is 4.83. The summed E-state index contributed by atoms with van der Waals surface area (Å²) in [5.41, 5.74) is 9.67. The van der Waals surface area contributed by atoms with E-state index in [1.165, 1.54) is 16.3 Å². The first-order valence-corrected chi connectivity index (χ1v) is 8.96. The molecule has 82 valence electrons. The molecule has 1 aromatic carbocycles. The maximum absolute atomic E-state index is 6.24. The molecule has 2 N–H and O–H groups in total. The molecule has 0 amide bonds. The van der Waals surface area contributed by atoms with E-state index in [-0.39, 0.29) is 0 Å². The van der Waals surface area contributed by atoms with Gasteiger partial charge in [-0.15, -0.1) is 0 Å². The molecule has 0 saturated carbocycles. The van der Waals surface area contributed by atoms with Crippen molar-refractivity contribution in [3.63, 3.8) is 0 Å². The third kappa shape index (κ3) is 2.32. The van der Waals surface area contributed by atoms with Crippen LogP contribution in [0.25, 0.3) is 6.08 Å². The Hall–Kier alpha value is -1.02. The second-order valence-corrected chi connectivity index (χ2v) is 9.94. The van der Waals surface area contributed by atoms with Crippen LogP contribution in [0.3, 0.4) is 0 Å². The Labute approximate surface area is 94.0 Å². The van der Waals surface area contributed by atoms with Gasteiger partial charge in [-0.2, -0.15) is 0 Å². The summed E-state index contributed by atoms with van der Waals surface area (Å²) >= 11 is 0. The van der Waals surface area contributed by atoms with Crippen LogP contribution in [-0.2, 0) is 6.42 Å². The number of nitrogens with two attached hydrogens (primary N) is 1. The molecule has 0 bridgehead atoms. The monoisotopic (exact) mass is 219 g/mol. The molecule has 0 aliphatic rings. The van der Waals surface area contributed by atoms with Gasteiger partial charge in [0.25, 0.3) is 0 Å². The molecule has 1 rings (SSSR count). The van der Waals surface area contributed by atoms with Gasteiger partial charge in [0.05, 0.1) is 8.07 Å². The fraction of sp³-hybridized carbons (Fsp3) is 0.385. The molecule has 0 aliphatic carbocycles. The van der Waals surface area contributed by atoms with Gasteiger partial charge >= 0.3 is 0 Å². The van der Waals surface area contributed by atoms with Gasteiger partial charge in [-0.05, 0) is 22.7 Å². The van der Waals surface area contributed by atoms with Crippen LogP contribution < -0.4 is 10.9 Å². The number of benzene rings is 1. The lowest BCUT2D eigenvalue weighted by molar-refractivity contribution is 1.14. The summed E-state index contributed by atoms with van der Waals surface area (Å²) in [5, 5.41) is 1.37. The van der Waals surface area contributed by atoms with Gasteiger partial charge in [0.1, 0.15) is 0 Å². The number of rotatable bonds is 3. The lowest BCUT2D eigenvalue weighted by Crippen LogP contribution is -2.40. The minimum absolute atomic E-state index is 0.978. The van der Waals surface area contributed by atoms with Crippen LogP contribution in [0.5, 0.6) is 0 Å². The van der Waals surface area contributed by atoms with Crippen molar-refractivity contribution in [1.82, 2.24) is 0 Å². The first kappa shape index (κ1) is 12.0. The fourth-order valence-electron chi connectivity index (χ4n) is 1.92. The molecule has 1 aromatic rings. The van der Waals surface area contributed by atoms with Crippen molar-refractivity contribution in [2.45, 2.75) is 33.0 Å². The fourth-order valence-corrected chi connectivity index (χ4v) is 3.46. The maximum Gasteiger partial charge on any atom is 0.0803 e. The molecule has 0 aliphatic heterocycles. The van der Waals surface area contributed by atoms with Crippen molar-refractivity contribution >= 4 is 25.0 Å². The SMILES string of the molecule is C=Cc1ccc([Si](C)(C)C)c(N)c1CC. The Morgan fingerprint density at radius 1 is 1.33 bits per heavy atom. The maximum atomic E-state index is 6.24. The molecule has 0 radical (unpaired) electrons. The number of hydrogen-bond donors (Lipinski definition) is 1. The highest BCUT2D eigenvalue weighted by molar-refractivity contribution is 6.89. The lowest BCUT2D eigenvalue weighted by atomic mass is 10.0. The molecule has 0 heterocycles. The van der Waals surface area contributed by atoms with E-state index in [4.69, 9.17) is 5.73 Å². The Balaban J connectivity index is 3.42. The van der Waals surface area contributed by atoms with Crippen molar-refractivity contribution in [2.24, 2.45) is 0 Å². The molecule has 2 heteroatoms. The summed E-state index contributed by atoms with van der Waals surface area (Å²) < 4.78 is 0. The van der Waals surface area contributed by atoms with Crippen molar-refractivity contribution in [2.75, 3.05) is 5.73 Å². The van der Waals surface area contributed by atoms with Crippen molar-refractivity contribution in [1.29, 1.82) is 0 Å². The molecule has 0 fully saturated rings. The summed E-state index contributed by atoms with van der Waals surface area (Å²) in [4.78, 5) is 0. The van der Waals surface area contributed by atoms with E-state index in [1.807, 2.05) is 6.08 Å². The molecular weight excluding hydrogens is 198 g/mol. The molecule has 1 nitrogen and oxygen atoms in total. The number of anilines is 1. The summed E-state index contributed by atoms with van der Waals surface area (Å²) in [5.74, 6) is 0. The number of hydrogen-bond acceptors (Lipinski definition) is 1. The minimum atomic E-state index is -1.32. The number of nitrogen functional groups attached to an aromatic ring is 1. The summed E-state index contributed by atoms with van der Waals surface area (Å²) in [6, 6.07) is 4.33. The largest absolute Gasteiger partial charge is 0.399 e. The predicted octanol–water partition coefficient (Wildman–Crippen LogP) is 3.02. The van der Waals surface area contributed by atoms with Crippen LogP contribution in [0.4, 0.5) is 5.69 Å².